The molecule has 1 heterocycles. The minimum atomic E-state index is -1.56. The summed E-state index contributed by atoms with van der Waals surface area (Å²) in [6.45, 7) is 0. The van der Waals surface area contributed by atoms with Crippen LogP contribution in [0.2, 0.25) is 0 Å². The van der Waals surface area contributed by atoms with E-state index in [-0.39, 0.29) is 30.8 Å². The third-order valence-electron chi connectivity index (χ3n) is 5.76. The molecule has 0 bridgehead atoms. The van der Waals surface area contributed by atoms with E-state index >= 15 is 0 Å². The molecule has 1 aliphatic heterocycles. The number of phenols is 2. The number of aromatic hydroxyl groups is 2. The van der Waals surface area contributed by atoms with Crippen molar-refractivity contribution in [2.24, 2.45) is 0 Å². The van der Waals surface area contributed by atoms with E-state index in [2.05, 4.69) is 0 Å². The van der Waals surface area contributed by atoms with Crippen molar-refractivity contribution >= 4 is 17.8 Å². The normalized spacial score (nSPS) is 13.9. The van der Waals surface area contributed by atoms with Crippen LogP contribution >= 0.6 is 0 Å². The molecule has 0 radical (unpaired) electrons. The first-order chi connectivity index (χ1) is 16.3. The van der Waals surface area contributed by atoms with E-state index in [1.165, 1.54) is 24.3 Å². The smallest absolute Gasteiger partial charge is 0.333 e. The first kappa shape index (κ1) is 23.0. The molecule has 0 aromatic heterocycles. The van der Waals surface area contributed by atoms with E-state index in [1.807, 2.05) is 0 Å². The molecule has 0 atom stereocenters. The number of hydroxylamine groups is 2. The molecule has 1 aliphatic rings. The van der Waals surface area contributed by atoms with Crippen molar-refractivity contribution in [2.75, 3.05) is 0 Å². The van der Waals surface area contributed by atoms with Gasteiger partial charge >= 0.3 is 5.97 Å². The van der Waals surface area contributed by atoms with Crippen molar-refractivity contribution in [1.29, 1.82) is 0 Å². The Balaban J connectivity index is 1.53. The van der Waals surface area contributed by atoms with E-state index in [9.17, 15) is 29.7 Å². The molecule has 8 nitrogen and oxygen atoms in total. The number of amides is 2. The Bertz CT molecular complexity index is 1140. The summed E-state index contributed by atoms with van der Waals surface area (Å²) in [6.07, 6.45) is 0.361. The third-order valence-corrected chi connectivity index (χ3v) is 5.76. The van der Waals surface area contributed by atoms with Gasteiger partial charge in [0, 0.05) is 12.8 Å². The van der Waals surface area contributed by atoms with Crippen LogP contribution in [0, 0.1) is 0 Å². The number of nitrogens with zero attached hydrogens (tertiary/aromatic N) is 1. The largest absolute Gasteiger partial charge is 0.508 e. The standard InChI is InChI=1S/C26H23NO7/c28-21-10-6-19(7-11-21)26(33,20-8-12-22(29)13-9-20)18-4-1-17(2-5-18)3-16-25(32)34-27-23(30)14-15-24(27)31/h1-2,4-13,28-29,33H,3,14-16H2. The van der Waals surface area contributed by atoms with Gasteiger partial charge in [-0.15, -0.1) is 5.06 Å². The number of carbonyl (C=O) groups is 3. The molecule has 2 amide bonds. The van der Waals surface area contributed by atoms with Crippen LogP contribution < -0.4 is 0 Å². The molecule has 0 unspecified atom stereocenters. The number of hydrogen-bond acceptors (Lipinski definition) is 7. The summed E-state index contributed by atoms with van der Waals surface area (Å²) in [4.78, 5) is 40.1. The van der Waals surface area contributed by atoms with Crippen LogP contribution in [0.25, 0.3) is 0 Å². The predicted octanol–water partition coefficient (Wildman–Crippen LogP) is 2.92. The van der Waals surface area contributed by atoms with Gasteiger partial charge in [0.25, 0.3) is 11.8 Å². The fraction of sp³-hybridized carbons (Fsp3) is 0.192. The van der Waals surface area contributed by atoms with Gasteiger partial charge in [-0.05, 0) is 52.9 Å². The third kappa shape index (κ3) is 4.62. The summed E-state index contributed by atoms with van der Waals surface area (Å²) in [5, 5.41) is 31.7. The van der Waals surface area contributed by atoms with Crippen LogP contribution in [0.3, 0.4) is 0 Å². The number of imide groups is 1. The summed E-state index contributed by atoms with van der Waals surface area (Å²) in [6, 6.07) is 19.4. The van der Waals surface area contributed by atoms with Gasteiger partial charge in [0.05, 0.1) is 6.42 Å². The van der Waals surface area contributed by atoms with Crippen LogP contribution in [-0.2, 0) is 31.2 Å². The predicted molar refractivity (Wildman–Crippen MR) is 120 cm³/mol. The molecule has 0 aliphatic carbocycles. The van der Waals surface area contributed by atoms with Crippen LogP contribution in [0.4, 0.5) is 0 Å². The van der Waals surface area contributed by atoms with Gasteiger partial charge in [0.1, 0.15) is 17.1 Å². The van der Waals surface area contributed by atoms with E-state index in [0.29, 0.717) is 28.2 Å². The molecule has 8 heteroatoms. The molecular weight excluding hydrogens is 438 g/mol. The van der Waals surface area contributed by atoms with E-state index in [0.717, 1.165) is 5.56 Å². The number of carbonyl (C=O) groups excluding carboxylic acids is 3. The SMILES string of the molecule is O=C(CCc1ccc(C(O)(c2ccc(O)cc2)c2ccc(O)cc2)cc1)ON1C(=O)CCC1=O. The molecule has 174 valence electrons. The van der Waals surface area contributed by atoms with Crippen molar-refractivity contribution < 1.29 is 34.5 Å². The summed E-state index contributed by atoms with van der Waals surface area (Å²) in [5.41, 5.74) is 0.816. The zero-order valence-corrected chi connectivity index (χ0v) is 18.2. The quantitative estimate of drug-likeness (QED) is 0.365. The molecular formula is C26H23NO7. The second-order valence-electron chi connectivity index (χ2n) is 8.05. The highest BCUT2D eigenvalue weighted by atomic mass is 16.7. The maximum atomic E-state index is 12.1. The lowest BCUT2D eigenvalue weighted by Gasteiger charge is -2.30. The molecule has 0 spiro atoms. The lowest BCUT2D eigenvalue weighted by atomic mass is 9.80. The minimum Gasteiger partial charge on any atom is -0.508 e. The Morgan fingerprint density at radius 1 is 0.765 bits per heavy atom. The second-order valence-corrected chi connectivity index (χ2v) is 8.05. The molecule has 34 heavy (non-hydrogen) atoms. The summed E-state index contributed by atoms with van der Waals surface area (Å²) in [5.74, 6) is -1.60. The maximum Gasteiger partial charge on any atom is 0.333 e. The second kappa shape index (κ2) is 9.36. The van der Waals surface area contributed by atoms with Crippen LogP contribution in [0.15, 0.2) is 72.8 Å². The zero-order valence-electron chi connectivity index (χ0n) is 18.2. The Morgan fingerprint density at radius 2 is 1.18 bits per heavy atom. The average molecular weight is 461 g/mol. The lowest BCUT2D eigenvalue weighted by molar-refractivity contribution is -0.197. The van der Waals surface area contributed by atoms with Gasteiger partial charge < -0.3 is 20.2 Å². The Labute approximate surface area is 195 Å². The van der Waals surface area contributed by atoms with Crippen LogP contribution in [-0.4, -0.2) is 38.2 Å². The Morgan fingerprint density at radius 3 is 1.62 bits per heavy atom. The number of benzene rings is 3. The molecule has 1 fully saturated rings. The molecule has 1 saturated heterocycles. The molecule has 0 saturated carbocycles. The number of phenolic OH excluding ortho intramolecular Hbond substituents is 2. The maximum absolute atomic E-state index is 12.1. The van der Waals surface area contributed by atoms with Crippen molar-refractivity contribution in [2.45, 2.75) is 31.3 Å². The highest BCUT2D eigenvalue weighted by Crippen LogP contribution is 2.38. The van der Waals surface area contributed by atoms with Gasteiger partial charge in [-0.25, -0.2) is 4.79 Å². The monoisotopic (exact) mass is 461 g/mol. The van der Waals surface area contributed by atoms with Crippen LogP contribution in [0.1, 0.15) is 41.5 Å². The lowest BCUT2D eigenvalue weighted by Crippen LogP contribution is -2.32. The highest BCUT2D eigenvalue weighted by Gasteiger charge is 2.34. The van der Waals surface area contributed by atoms with E-state index < -0.39 is 23.4 Å². The number of rotatable bonds is 7. The van der Waals surface area contributed by atoms with Crippen LogP contribution in [0.5, 0.6) is 11.5 Å². The number of aliphatic hydroxyl groups is 1. The van der Waals surface area contributed by atoms with E-state index in [1.54, 1.807) is 48.5 Å². The minimum absolute atomic E-state index is 0.0312. The zero-order chi connectivity index (χ0) is 24.3. The molecule has 3 aromatic carbocycles. The number of aryl methyl sites for hydroxylation is 1. The van der Waals surface area contributed by atoms with Gasteiger partial charge in [0.2, 0.25) is 0 Å². The van der Waals surface area contributed by atoms with Crippen molar-refractivity contribution in [3.05, 3.63) is 95.1 Å². The fourth-order valence-electron chi connectivity index (χ4n) is 3.87. The Hall–Kier alpha value is -4.17. The number of hydrogen-bond donors (Lipinski definition) is 3. The first-order valence-corrected chi connectivity index (χ1v) is 10.7. The Kier molecular flexibility index (Phi) is 6.34. The fourth-order valence-corrected chi connectivity index (χ4v) is 3.87. The molecule has 3 N–H and O–H groups in total. The summed E-state index contributed by atoms with van der Waals surface area (Å²) < 4.78 is 0. The first-order valence-electron chi connectivity index (χ1n) is 10.7. The van der Waals surface area contributed by atoms with Crippen molar-refractivity contribution in [3.8, 4) is 11.5 Å². The molecule has 3 aromatic rings. The van der Waals surface area contributed by atoms with Gasteiger partial charge in [-0.3, -0.25) is 9.59 Å². The van der Waals surface area contributed by atoms with Gasteiger partial charge in [0.15, 0.2) is 0 Å². The topological polar surface area (TPSA) is 124 Å². The van der Waals surface area contributed by atoms with Gasteiger partial charge in [-0.2, -0.15) is 0 Å². The molecule has 4 rings (SSSR count). The summed E-state index contributed by atoms with van der Waals surface area (Å²) in [7, 11) is 0. The van der Waals surface area contributed by atoms with Crippen molar-refractivity contribution in [1.82, 2.24) is 5.06 Å². The van der Waals surface area contributed by atoms with Gasteiger partial charge in [-0.1, -0.05) is 48.5 Å². The average Bonchev–Trinajstić information content (AvgIpc) is 3.15. The summed E-state index contributed by atoms with van der Waals surface area (Å²) >= 11 is 0. The van der Waals surface area contributed by atoms with E-state index in [4.69, 9.17) is 4.84 Å². The van der Waals surface area contributed by atoms with Crippen molar-refractivity contribution in [3.63, 3.8) is 0 Å². The highest BCUT2D eigenvalue weighted by molar-refractivity contribution is 6.01.